The highest BCUT2D eigenvalue weighted by atomic mass is 32.2. The second-order valence-corrected chi connectivity index (χ2v) is 15.0. The first-order chi connectivity index (χ1) is 22.8. The number of rotatable bonds is 8. The Bertz CT molecular complexity index is 2090. The van der Waals surface area contributed by atoms with Crippen LogP contribution in [0.1, 0.15) is 44.7 Å². The van der Waals surface area contributed by atoms with Gasteiger partial charge < -0.3 is 29.0 Å². The molecule has 4 aromatic heterocycles. The number of carbonyl (C=O) groups is 1. The molecule has 0 bridgehead atoms. The van der Waals surface area contributed by atoms with Crippen LogP contribution in [-0.4, -0.2) is 76.9 Å². The quantitative estimate of drug-likeness (QED) is 0.222. The van der Waals surface area contributed by atoms with Gasteiger partial charge in [-0.3, -0.25) is 0 Å². The van der Waals surface area contributed by atoms with Crippen molar-refractivity contribution in [2.24, 2.45) is 7.05 Å². The fourth-order valence-corrected chi connectivity index (χ4v) is 7.59. The van der Waals surface area contributed by atoms with E-state index in [0.717, 1.165) is 29.5 Å². The number of amides is 1. The molecule has 0 saturated carbocycles. The standard InChI is InChI=1S/C35H42N6O6S/c1-22-8-10-25(11-9-22)48(43,44)41-28(27-21-39(5)29-19-30(45-6)33(46-7)38-31(27)29)18-26-23(12-15-36-32(26)41)20-37-24-13-16-40(17-14-24)34(42)47-35(2,3)4/h8-12,15,18-19,21,24,37H,13-14,16-17,20H2,1-7H3. The first kappa shape index (κ1) is 33.3. The molecule has 1 amide bonds. The number of fused-ring (bicyclic) bond motifs is 2. The van der Waals surface area contributed by atoms with Crippen molar-refractivity contribution in [1.82, 2.24) is 28.7 Å². The number of aromatic nitrogens is 4. The third kappa shape index (κ3) is 6.31. The Morgan fingerprint density at radius 3 is 2.40 bits per heavy atom. The average Bonchev–Trinajstić information content (AvgIpc) is 3.60. The monoisotopic (exact) mass is 674 g/mol. The van der Waals surface area contributed by atoms with Gasteiger partial charge in [0.05, 0.1) is 30.3 Å². The first-order valence-corrected chi connectivity index (χ1v) is 17.4. The number of nitrogens with zero attached hydrogens (tertiary/aromatic N) is 5. The van der Waals surface area contributed by atoms with Crippen molar-refractivity contribution in [3.05, 3.63) is 66.0 Å². The van der Waals surface area contributed by atoms with Gasteiger partial charge in [0.2, 0.25) is 0 Å². The van der Waals surface area contributed by atoms with Crippen LogP contribution in [0.3, 0.4) is 0 Å². The summed E-state index contributed by atoms with van der Waals surface area (Å²) in [7, 11) is 0.849. The van der Waals surface area contributed by atoms with Crippen LogP contribution in [0.4, 0.5) is 4.79 Å². The highest BCUT2D eigenvalue weighted by Gasteiger charge is 2.30. The zero-order valence-corrected chi connectivity index (χ0v) is 29.2. The number of hydrogen-bond acceptors (Lipinski definition) is 9. The normalized spacial score (nSPS) is 14.5. The molecule has 1 N–H and O–H groups in total. The predicted molar refractivity (Wildman–Crippen MR) is 184 cm³/mol. The molecule has 5 aromatic rings. The van der Waals surface area contributed by atoms with Crippen LogP contribution < -0.4 is 14.8 Å². The van der Waals surface area contributed by atoms with E-state index in [-0.39, 0.29) is 17.0 Å². The number of aryl methyl sites for hydroxylation is 2. The van der Waals surface area contributed by atoms with Crippen molar-refractivity contribution in [3.63, 3.8) is 0 Å². The minimum atomic E-state index is -4.09. The number of carbonyl (C=O) groups excluding carboxylic acids is 1. The number of methoxy groups -OCH3 is 2. The minimum Gasteiger partial charge on any atom is -0.491 e. The Morgan fingerprint density at radius 2 is 1.75 bits per heavy atom. The summed E-state index contributed by atoms with van der Waals surface area (Å²) in [4.78, 5) is 23.8. The van der Waals surface area contributed by atoms with Crippen LogP contribution in [0.2, 0.25) is 0 Å². The Labute approximate surface area is 280 Å². The molecular weight excluding hydrogens is 632 g/mol. The summed E-state index contributed by atoms with van der Waals surface area (Å²) in [5.74, 6) is 0.764. The van der Waals surface area contributed by atoms with Crippen molar-refractivity contribution in [1.29, 1.82) is 0 Å². The van der Waals surface area contributed by atoms with Crippen LogP contribution >= 0.6 is 0 Å². The lowest BCUT2D eigenvalue weighted by Crippen LogP contribution is -2.46. The van der Waals surface area contributed by atoms with Crippen molar-refractivity contribution < 1.29 is 27.4 Å². The number of nitrogens with one attached hydrogen (secondary N) is 1. The summed E-state index contributed by atoms with van der Waals surface area (Å²) in [5.41, 5.74) is 3.99. The molecule has 5 heterocycles. The van der Waals surface area contributed by atoms with Crippen molar-refractivity contribution in [3.8, 4) is 22.9 Å². The van der Waals surface area contributed by atoms with Crippen LogP contribution in [0.15, 0.2) is 59.8 Å². The molecule has 48 heavy (non-hydrogen) atoms. The van der Waals surface area contributed by atoms with E-state index in [4.69, 9.17) is 19.2 Å². The minimum absolute atomic E-state index is 0.154. The summed E-state index contributed by atoms with van der Waals surface area (Å²) in [6, 6.07) is 12.6. The molecule has 0 aliphatic carbocycles. The van der Waals surface area contributed by atoms with Gasteiger partial charge in [-0.2, -0.15) is 0 Å². The average molecular weight is 675 g/mol. The molecule has 6 rings (SSSR count). The van der Waals surface area contributed by atoms with Gasteiger partial charge >= 0.3 is 6.09 Å². The van der Waals surface area contributed by atoms with Crippen molar-refractivity contribution in [2.45, 2.75) is 63.6 Å². The van der Waals surface area contributed by atoms with Crippen molar-refractivity contribution >= 4 is 38.2 Å². The third-order valence-electron chi connectivity index (χ3n) is 8.62. The fraction of sp³-hybridized carbons (Fsp3) is 0.400. The Kier molecular flexibility index (Phi) is 8.86. The summed E-state index contributed by atoms with van der Waals surface area (Å²) in [5, 5.41) is 4.34. The largest absolute Gasteiger partial charge is 0.491 e. The van der Waals surface area contributed by atoms with Crippen LogP contribution in [-0.2, 0) is 28.4 Å². The smallest absolute Gasteiger partial charge is 0.410 e. The molecule has 1 aliphatic heterocycles. The third-order valence-corrected chi connectivity index (χ3v) is 10.3. The molecule has 1 aromatic carbocycles. The number of benzene rings is 1. The second-order valence-electron chi connectivity index (χ2n) is 13.2. The Hall–Kier alpha value is -4.62. The van der Waals surface area contributed by atoms with Gasteiger partial charge in [-0.05, 0) is 70.4 Å². The summed E-state index contributed by atoms with van der Waals surface area (Å²) >= 11 is 0. The summed E-state index contributed by atoms with van der Waals surface area (Å²) in [6.07, 6.45) is 4.76. The molecule has 0 atom stereocenters. The molecule has 12 nitrogen and oxygen atoms in total. The molecule has 0 unspecified atom stereocenters. The Balaban J connectivity index is 1.40. The maximum absolute atomic E-state index is 14.5. The predicted octanol–water partition coefficient (Wildman–Crippen LogP) is 5.64. The molecule has 254 valence electrons. The van der Waals surface area contributed by atoms with Gasteiger partial charge in [0, 0.05) is 62.1 Å². The zero-order valence-electron chi connectivity index (χ0n) is 28.4. The van der Waals surface area contributed by atoms with E-state index >= 15 is 0 Å². The van der Waals surface area contributed by atoms with Gasteiger partial charge in [-0.1, -0.05) is 17.7 Å². The maximum Gasteiger partial charge on any atom is 0.410 e. The second kappa shape index (κ2) is 12.8. The molecule has 0 spiro atoms. The van der Waals surface area contributed by atoms with E-state index in [0.29, 0.717) is 59.1 Å². The lowest BCUT2D eigenvalue weighted by Gasteiger charge is -2.33. The van der Waals surface area contributed by atoms with Crippen LogP contribution in [0.25, 0.3) is 33.3 Å². The van der Waals surface area contributed by atoms with E-state index in [9.17, 15) is 13.2 Å². The van der Waals surface area contributed by atoms with Crippen LogP contribution in [0, 0.1) is 6.92 Å². The molecule has 13 heteroatoms. The van der Waals surface area contributed by atoms with E-state index in [1.807, 2.05) is 63.7 Å². The van der Waals surface area contributed by atoms with E-state index in [1.165, 1.54) is 11.1 Å². The first-order valence-electron chi connectivity index (χ1n) is 15.9. The highest BCUT2D eigenvalue weighted by molar-refractivity contribution is 7.90. The zero-order chi connectivity index (χ0) is 34.4. The van der Waals surface area contributed by atoms with Gasteiger partial charge in [0.1, 0.15) is 11.1 Å². The number of ether oxygens (including phenoxy) is 3. The van der Waals surface area contributed by atoms with Gasteiger partial charge in [0.25, 0.3) is 15.9 Å². The molecule has 1 saturated heterocycles. The molecule has 1 aliphatic rings. The maximum atomic E-state index is 14.5. The Morgan fingerprint density at radius 1 is 1.04 bits per heavy atom. The number of likely N-dealkylation sites (tertiary alicyclic amines) is 1. The lowest BCUT2D eigenvalue weighted by molar-refractivity contribution is 0.0198. The number of pyridine rings is 2. The SMILES string of the molecule is COc1cc2c(nc1OC)c(-c1cc3c(CNC4CCN(C(=O)OC(C)(C)C)CC4)ccnc3n1S(=O)(=O)c1ccc(C)cc1)cn2C. The lowest BCUT2D eigenvalue weighted by atomic mass is 10.0. The number of hydrogen-bond donors (Lipinski definition) is 1. The van der Waals surface area contributed by atoms with Crippen molar-refractivity contribution in [2.75, 3.05) is 27.3 Å². The van der Waals surface area contributed by atoms with Gasteiger partial charge in [-0.15, -0.1) is 0 Å². The topological polar surface area (TPSA) is 130 Å². The van der Waals surface area contributed by atoms with E-state index in [1.54, 1.807) is 42.5 Å². The van der Waals surface area contributed by atoms with Gasteiger partial charge in [0.15, 0.2) is 11.4 Å². The summed E-state index contributed by atoms with van der Waals surface area (Å²) < 4.78 is 48.7. The fourth-order valence-electron chi connectivity index (χ4n) is 6.12. The molecular formula is C35H42N6O6S. The number of piperidine rings is 1. The van der Waals surface area contributed by atoms with E-state index < -0.39 is 15.6 Å². The van der Waals surface area contributed by atoms with E-state index in [2.05, 4.69) is 10.3 Å². The highest BCUT2D eigenvalue weighted by Crippen LogP contribution is 2.39. The molecule has 0 radical (unpaired) electrons. The molecule has 1 fully saturated rings. The van der Waals surface area contributed by atoms with Gasteiger partial charge in [-0.25, -0.2) is 27.2 Å². The van der Waals surface area contributed by atoms with Crippen LogP contribution in [0.5, 0.6) is 11.6 Å². The summed E-state index contributed by atoms with van der Waals surface area (Å²) in [6.45, 7) is 9.19.